The van der Waals surface area contributed by atoms with E-state index < -0.39 is 21.5 Å². The van der Waals surface area contributed by atoms with E-state index in [2.05, 4.69) is 15.5 Å². The lowest BCUT2D eigenvalue weighted by atomic mass is 9.49. The summed E-state index contributed by atoms with van der Waals surface area (Å²) in [4.78, 5) is 16.6. The molecule has 2 aromatic rings. The molecule has 1 aromatic carbocycles. The van der Waals surface area contributed by atoms with Crippen molar-refractivity contribution in [3.8, 4) is 0 Å². The number of rotatable bonds is 7. The summed E-state index contributed by atoms with van der Waals surface area (Å²) in [6, 6.07) is 8.11. The lowest BCUT2D eigenvalue weighted by Gasteiger charge is -2.57. The monoisotopic (exact) mass is 429 g/mol. The van der Waals surface area contributed by atoms with Gasteiger partial charge in [0, 0.05) is 6.54 Å². The normalized spacial score (nSPS) is 29.8. The molecule has 160 valence electrons. The Morgan fingerprint density at radius 3 is 2.33 bits per heavy atom. The molecule has 0 unspecified atom stereocenters. The van der Waals surface area contributed by atoms with Gasteiger partial charge in [0.2, 0.25) is 0 Å². The fourth-order valence-electron chi connectivity index (χ4n) is 6.40. The first-order valence-corrected chi connectivity index (χ1v) is 12.4. The summed E-state index contributed by atoms with van der Waals surface area (Å²) in [6.07, 6.45) is 9.11. The molecule has 0 atom stereocenters. The van der Waals surface area contributed by atoms with Crippen LogP contribution in [0.25, 0.3) is 0 Å². The van der Waals surface area contributed by atoms with Gasteiger partial charge in [0.1, 0.15) is 5.75 Å². The SMILES string of the molecule is O=C(NCCC12CC3CC(CC(C3)C1)C2)c1nc(CS(=O)(=O)c2ccccc2)no1. The summed E-state index contributed by atoms with van der Waals surface area (Å²) in [5.74, 6) is 1.63. The van der Waals surface area contributed by atoms with E-state index in [0.29, 0.717) is 12.0 Å². The van der Waals surface area contributed by atoms with E-state index in [1.54, 1.807) is 18.2 Å². The van der Waals surface area contributed by atoms with Crippen molar-refractivity contribution in [2.75, 3.05) is 6.54 Å². The van der Waals surface area contributed by atoms with Crippen molar-refractivity contribution in [3.63, 3.8) is 0 Å². The molecule has 0 saturated heterocycles. The van der Waals surface area contributed by atoms with E-state index in [9.17, 15) is 13.2 Å². The largest absolute Gasteiger partial charge is 0.348 e. The number of carbonyl (C=O) groups is 1. The topological polar surface area (TPSA) is 102 Å². The molecule has 0 aliphatic heterocycles. The lowest BCUT2D eigenvalue weighted by molar-refractivity contribution is -0.0564. The van der Waals surface area contributed by atoms with Gasteiger partial charge in [-0.25, -0.2) is 8.42 Å². The highest BCUT2D eigenvalue weighted by atomic mass is 32.2. The van der Waals surface area contributed by atoms with Crippen molar-refractivity contribution < 1.29 is 17.7 Å². The molecule has 4 fully saturated rings. The minimum atomic E-state index is -3.59. The minimum absolute atomic E-state index is 0.00918. The van der Waals surface area contributed by atoms with Crippen molar-refractivity contribution in [3.05, 3.63) is 42.0 Å². The molecule has 30 heavy (non-hydrogen) atoms. The van der Waals surface area contributed by atoms with Crippen LogP contribution in [0.2, 0.25) is 0 Å². The maximum absolute atomic E-state index is 12.4. The zero-order valence-corrected chi connectivity index (χ0v) is 17.7. The third kappa shape index (κ3) is 3.89. The molecule has 6 rings (SSSR count). The summed E-state index contributed by atoms with van der Waals surface area (Å²) in [5.41, 5.74) is 0.395. The van der Waals surface area contributed by atoms with Crippen LogP contribution in [0.1, 0.15) is 61.5 Å². The number of hydrogen-bond donors (Lipinski definition) is 1. The molecule has 1 aromatic heterocycles. The van der Waals surface area contributed by atoms with Gasteiger partial charge >= 0.3 is 11.8 Å². The van der Waals surface area contributed by atoms with Crippen LogP contribution >= 0.6 is 0 Å². The van der Waals surface area contributed by atoms with Gasteiger partial charge in [-0.05, 0) is 80.2 Å². The Hall–Kier alpha value is -2.22. The highest BCUT2D eigenvalue weighted by Gasteiger charge is 2.50. The number of nitrogens with one attached hydrogen (secondary N) is 1. The highest BCUT2D eigenvalue weighted by Crippen LogP contribution is 2.61. The summed E-state index contributed by atoms with van der Waals surface area (Å²) >= 11 is 0. The average molecular weight is 430 g/mol. The Labute approximate surface area is 176 Å². The highest BCUT2D eigenvalue weighted by molar-refractivity contribution is 7.90. The van der Waals surface area contributed by atoms with Gasteiger partial charge < -0.3 is 9.84 Å². The third-order valence-electron chi connectivity index (χ3n) is 7.19. The summed E-state index contributed by atoms with van der Waals surface area (Å²) < 4.78 is 29.9. The fraction of sp³-hybridized carbons (Fsp3) is 0.591. The molecule has 4 bridgehead atoms. The Morgan fingerprint density at radius 2 is 1.70 bits per heavy atom. The van der Waals surface area contributed by atoms with Crippen molar-refractivity contribution in [2.24, 2.45) is 23.2 Å². The molecule has 8 heteroatoms. The molecule has 7 nitrogen and oxygen atoms in total. The van der Waals surface area contributed by atoms with Crippen molar-refractivity contribution >= 4 is 15.7 Å². The van der Waals surface area contributed by atoms with Crippen LogP contribution in [0.5, 0.6) is 0 Å². The van der Waals surface area contributed by atoms with Crippen LogP contribution in [-0.2, 0) is 15.6 Å². The molecule has 4 aliphatic rings. The first kappa shape index (κ1) is 19.7. The first-order chi connectivity index (χ1) is 14.4. The van der Waals surface area contributed by atoms with Crippen LogP contribution in [0.15, 0.2) is 39.8 Å². The standard InChI is InChI=1S/C22H27N3O4S/c26-20(23-7-6-22-11-15-8-16(12-22)10-17(9-15)13-22)21-24-19(25-29-21)14-30(27,28)18-4-2-1-3-5-18/h1-5,15-17H,6-14H2,(H,23,26). The molecule has 4 saturated carbocycles. The zero-order valence-electron chi connectivity index (χ0n) is 16.9. The number of aromatic nitrogens is 2. The number of carbonyl (C=O) groups excluding carboxylic acids is 1. The number of nitrogens with zero attached hydrogens (tertiary/aromatic N) is 2. The van der Waals surface area contributed by atoms with Gasteiger partial charge in [0.25, 0.3) is 0 Å². The second-order valence-corrected chi connectivity index (χ2v) is 11.5. The smallest absolute Gasteiger partial charge is 0.315 e. The summed E-state index contributed by atoms with van der Waals surface area (Å²) in [6.45, 7) is 0.588. The number of sulfone groups is 1. The van der Waals surface area contributed by atoms with Crippen molar-refractivity contribution in [1.82, 2.24) is 15.5 Å². The molecule has 1 N–H and O–H groups in total. The maximum Gasteiger partial charge on any atom is 0.315 e. The molecule has 0 radical (unpaired) electrons. The van der Waals surface area contributed by atoms with Gasteiger partial charge in [0.05, 0.1) is 4.90 Å². The summed E-state index contributed by atoms with van der Waals surface area (Å²) in [5, 5.41) is 6.58. The summed E-state index contributed by atoms with van der Waals surface area (Å²) in [7, 11) is -3.59. The minimum Gasteiger partial charge on any atom is -0.348 e. The van der Waals surface area contributed by atoms with Gasteiger partial charge in [0.15, 0.2) is 15.7 Å². The Bertz CT molecular complexity index is 996. The predicted molar refractivity (Wildman–Crippen MR) is 109 cm³/mol. The van der Waals surface area contributed by atoms with Gasteiger partial charge in [-0.3, -0.25) is 4.79 Å². The van der Waals surface area contributed by atoms with Crippen molar-refractivity contribution in [2.45, 2.75) is 55.6 Å². The average Bonchev–Trinajstić information content (AvgIpc) is 3.15. The van der Waals surface area contributed by atoms with E-state index in [1.807, 2.05) is 0 Å². The lowest BCUT2D eigenvalue weighted by Crippen LogP contribution is -2.47. The van der Waals surface area contributed by atoms with Gasteiger partial charge in [-0.2, -0.15) is 4.98 Å². The van der Waals surface area contributed by atoms with Crippen molar-refractivity contribution in [1.29, 1.82) is 0 Å². The Kier molecular flexibility index (Phi) is 4.92. The number of hydrogen-bond acceptors (Lipinski definition) is 6. The van der Waals surface area contributed by atoms with E-state index in [1.165, 1.54) is 50.7 Å². The van der Waals surface area contributed by atoms with Gasteiger partial charge in [-0.1, -0.05) is 23.4 Å². The Morgan fingerprint density at radius 1 is 1.07 bits per heavy atom. The number of amides is 1. The second-order valence-electron chi connectivity index (χ2n) is 9.51. The zero-order chi connectivity index (χ0) is 20.8. The van der Waals surface area contributed by atoms with Gasteiger partial charge in [-0.15, -0.1) is 0 Å². The van der Waals surface area contributed by atoms with Crippen LogP contribution in [0, 0.1) is 23.2 Å². The molecule has 1 heterocycles. The molecular weight excluding hydrogens is 402 g/mol. The van der Waals surface area contributed by atoms with Crippen LogP contribution in [0.4, 0.5) is 0 Å². The second kappa shape index (κ2) is 7.48. The molecule has 4 aliphatic carbocycles. The van der Waals surface area contributed by atoms with E-state index >= 15 is 0 Å². The van der Waals surface area contributed by atoms with Crippen LogP contribution in [0.3, 0.4) is 0 Å². The molecule has 0 spiro atoms. The van der Waals surface area contributed by atoms with E-state index in [0.717, 1.165) is 24.2 Å². The van der Waals surface area contributed by atoms with Crippen LogP contribution in [-0.4, -0.2) is 31.0 Å². The predicted octanol–water partition coefficient (Wildman–Crippen LogP) is 3.38. The third-order valence-corrected chi connectivity index (χ3v) is 8.82. The quantitative estimate of drug-likeness (QED) is 0.724. The van der Waals surface area contributed by atoms with Crippen LogP contribution < -0.4 is 5.32 Å². The Balaban J connectivity index is 1.17. The van der Waals surface area contributed by atoms with E-state index in [-0.39, 0.29) is 16.6 Å². The molecule has 1 amide bonds. The molecular formula is C22H27N3O4S. The fourth-order valence-corrected chi connectivity index (χ4v) is 7.59. The first-order valence-electron chi connectivity index (χ1n) is 10.8. The van der Waals surface area contributed by atoms with E-state index in [4.69, 9.17) is 4.52 Å². The maximum atomic E-state index is 12.4. The number of benzene rings is 1.